The van der Waals surface area contributed by atoms with Crippen molar-refractivity contribution in [1.29, 1.82) is 0 Å². The molecule has 1 amide bonds. The van der Waals surface area contributed by atoms with E-state index < -0.39 is 0 Å². The normalized spacial score (nSPS) is 14.1. The monoisotopic (exact) mass is 272 g/mol. The highest BCUT2D eigenvalue weighted by atomic mass is 19.1. The van der Waals surface area contributed by atoms with E-state index in [1.807, 2.05) is 0 Å². The van der Waals surface area contributed by atoms with E-state index in [9.17, 15) is 14.0 Å². The second-order valence-corrected chi connectivity index (χ2v) is 4.92. The number of H-pyrrole nitrogens is 1. The van der Waals surface area contributed by atoms with Gasteiger partial charge in [0, 0.05) is 23.0 Å². The lowest BCUT2D eigenvalue weighted by Gasteiger charge is -2.06. The molecule has 0 spiro atoms. The maximum atomic E-state index is 12.8. The number of carbonyl (C=O) groups is 1. The molecule has 1 aromatic carbocycles. The van der Waals surface area contributed by atoms with E-state index in [0.717, 1.165) is 18.5 Å². The highest BCUT2D eigenvalue weighted by Crippen LogP contribution is 2.38. The number of hydrogen-bond acceptors (Lipinski definition) is 2. The van der Waals surface area contributed by atoms with Crippen LogP contribution in [-0.4, -0.2) is 10.9 Å². The van der Waals surface area contributed by atoms with E-state index in [2.05, 4.69) is 10.3 Å². The van der Waals surface area contributed by atoms with E-state index in [1.54, 1.807) is 6.07 Å². The van der Waals surface area contributed by atoms with Gasteiger partial charge in [0.05, 0.1) is 0 Å². The summed E-state index contributed by atoms with van der Waals surface area (Å²) < 4.78 is 12.8. The molecule has 102 valence electrons. The van der Waals surface area contributed by atoms with Crippen LogP contribution < -0.4 is 10.9 Å². The summed E-state index contributed by atoms with van der Waals surface area (Å²) in [5.74, 6) is -0.374. The number of nitrogens with one attached hydrogen (secondary N) is 2. The van der Waals surface area contributed by atoms with Gasteiger partial charge in [-0.3, -0.25) is 9.59 Å². The molecule has 0 atom stereocenters. The molecule has 4 nitrogen and oxygen atoms in total. The van der Waals surface area contributed by atoms with E-state index in [1.165, 1.54) is 30.3 Å². The molecular weight excluding hydrogens is 259 g/mol. The molecule has 2 aromatic rings. The zero-order chi connectivity index (χ0) is 14.1. The minimum atomic E-state index is -0.371. The van der Waals surface area contributed by atoms with Gasteiger partial charge in [-0.1, -0.05) is 0 Å². The van der Waals surface area contributed by atoms with Crippen molar-refractivity contribution in [3.8, 4) is 0 Å². The smallest absolute Gasteiger partial charge is 0.255 e. The number of anilines is 1. The third kappa shape index (κ3) is 2.77. The predicted octanol–water partition coefficient (Wildman–Crippen LogP) is 2.64. The van der Waals surface area contributed by atoms with Crippen molar-refractivity contribution >= 4 is 11.6 Å². The summed E-state index contributed by atoms with van der Waals surface area (Å²) >= 11 is 0. The Hall–Kier alpha value is -2.43. The molecule has 3 rings (SSSR count). The molecule has 0 saturated heterocycles. The fourth-order valence-electron chi connectivity index (χ4n) is 2.05. The van der Waals surface area contributed by atoms with Crippen molar-refractivity contribution < 1.29 is 9.18 Å². The molecule has 1 heterocycles. The fourth-order valence-corrected chi connectivity index (χ4v) is 2.05. The average molecular weight is 272 g/mol. The van der Waals surface area contributed by atoms with Crippen LogP contribution in [0.4, 0.5) is 10.1 Å². The molecule has 1 saturated carbocycles. The molecule has 20 heavy (non-hydrogen) atoms. The largest absolute Gasteiger partial charge is 0.326 e. The van der Waals surface area contributed by atoms with E-state index in [4.69, 9.17) is 0 Å². The molecule has 2 N–H and O–H groups in total. The van der Waals surface area contributed by atoms with Gasteiger partial charge in [-0.2, -0.15) is 0 Å². The SMILES string of the molecule is O=C(Nc1ccc(F)cc1)c1cc(C2CC2)[nH]c(=O)c1. The number of hydrogen-bond donors (Lipinski definition) is 2. The Balaban J connectivity index is 1.83. The minimum Gasteiger partial charge on any atom is -0.326 e. The molecule has 5 heteroatoms. The number of pyridine rings is 1. The zero-order valence-corrected chi connectivity index (χ0v) is 10.7. The van der Waals surface area contributed by atoms with E-state index in [-0.39, 0.29) is 17.3 Å². The first-order chi connectivity index (χ1) is 9.61. The summed E-state index contributed by atoms with van der Waals surface area (Å²) in [6.07, 6.45) is 2.08. The van der Waals surface area contributed by atoms with Crippen molar-refractivity contribution in [2.45, 2.75) is 18.8 Å². The summed E-state index contributed by atoms with van der Waals surface area (Å²) in [5.41, 5.74) is 1.34. The first kappa shape index (κ1) is 12.6. The van der Waals surface area contributed by atoms with E-state index in [0.29, 0.717) is 17.2 Å². The second-order valence-electron chi connectivity index (χ2n) is 4.92. The molecule has 1 fully saturated rings. The molecular formula is C15H13FN2O2. The lowest BCUT2D eigenvalue weighted by molar-refractivity contribution is 0.102. The highest BCUT2D eigenvalue weighted by Gasteiger charge is 2.25. The summed E-state index contributed by atoms with van der Waals surface area (Å²) in [6.45, 7) is 0. The van der Waals surface area contributed by atoms with Gasteiger partial charge in [0.1, 0.15) is 5.82 Å². The number of amides is 1. The van der Waals surface area contributed by atoms with Gasteiger partial charge in [-0.25, -0.2) is 4.39 Å². The molecule has 0 bridgehead atoms. The maximum absolute atomic E-state index is 12.8. The first-order valence-corrected chi connectivity index (χ1v) is 6.43. The van der Waals surface area contributed by atoms with Gasteiger partial charge in [0.25, 0.3) is 5.91 Å². The number of aromatic nitrogens is 1. The van der Waals surface area contributed by atoms with Crippen molar-refractivity contribution in [2.24, 2.45) is 0 Å². The van der Waals surface area contributed by atoms with Gasteiger partial charge < -0.3 is 10.3 Å². The zero-order valence-electron chi connectivity index (χ0n) is 10.7. The number of rotatable bonds is 3. The van der Waals surface area contributed by atoms with Gasteiger partial charge in [-0.15, -0.1) is 0 Å². The number of carbonyl (C=O) groups excluding carboxylic acids is 1. The highest BCUT2D eigenvalue weighted by molar-refractivity contribution is 6.04. The van der Waals surface area contributed by atoms with Crippen LogP contribution in [0.3, 0.4) is 0 Å². The lowest BCUT2D eigenvalue weighted by atomic mass is 10.1. The van der Waals surface area contributed by atoms with Crippen molar-refractivity contribution in [2.75, 3.05) is 5.32 Å². The van der Waals surface area contributed by atoms with Gasteiger partial charge in [-0.05, 0) is 49.1 Å². The van der Waals surface area contributed by atoms with Crippen LogP contribution in [0.1, 0.15) is 34.8 Å². The Labute approximate surface area is 114 Å². The topological polar surface area (TPSA) is 62.0 Å². The molecule has 0 radical (unpaired) electrons. The third-order valence-corrected chi connectivity index (χ3v) is 3.25. The summed E-state index contributed by atoms with van der Waals surface area (Å²) in [7, 11) is 0. The van der Waals surface area contributed by atoms with Gasteiger partial charge in [0.2, 0.25) is 5.56 Å². The lowest BCUT2D eigenvalue weighted by Crippen LogP contribution is -2.17. The predicted molar refractivity (Wildman–Crippen MR) is 73.4 cm³/mol. The third-order valence-electron chi connectivity index (χ3n) is 3.25. The van der Waals surface area contributed by atoms with E-state index >= 15 is 0 Å². The Morgan fingerprint density at radius 3 is 2.55 bits per heavy atom. The summed E-state index contributed by atoms with van der Waals surface area (Å²) in [6, 6.07) is 8.46. The van der Waals surface area contributed by atoms with Crippen LogP contribution in [0.25, 0.3) is 0 Å². The van der Waals surface area contributed by atoms with Crippen molar-refractivity contribution in [1.82, 2.24) is 4.98 Å². The number of benzene rings is 1. The van der Waals surface area contributed by atoms with Crippen LogP contribution in [0, 0.1) is 5.82 Å². The fraction of sp³-hybridized carbons (Fsp3) is 0.200. The molecule has 1 aliphatic rings. The van der Waals surface area contributed by atoms with Crippen LogP contribution in [0.15, 0.2) is 41.2 Å². The van der Waals surface area contributed by atoms with Crippen molar-refractivity contribution in [3.63, 3.8) is 0 Å². The minimum absolute atomic E-state index is 0.279. The Bertz CT molecular complexity index is 703. The maximum Gasteiger partial charge on any atom is 0.255 e. The second kappa shape index (κ2) is 4.92. The average Bonchev–Trinajstić information content (AvgIpc) is 3.25. The van der Waals surface area contributed by atoms with Crippen LogP contribution in [-0.2, 0) is 0 Å². The van der Waals surface area contributed by atoms with Gasteiger partial charge in [0.15, 0.2) is 0 Å². The first-order valence-electron chi connectivity index (χ1n) is 6.43. The number of aromatic amines is 1. The Morgan fingerprint density at radius 2 is 1.90 bits per heavy atom. The quantitative estimate of drug-likeness (QED) is 0.902. The summed E-state index contributed by atoms with van der Waals surface area (Å²) in [4.78, 5) is 26.4. The Kier molecular flexibility index (Phi) is 3.10. The molecule has 0 aliphatic heterocycles. The van der Waals surface area contributed by atoms with Gasteiger partial charge >= 0.3 is 0 Å². The van der Waals surface area contributed by atoms with Crippen molar-refractivity contribution in [3.05, 3.63) is 63.8 Å². The standard InChI is InChI=1S/C15H13FN2O2/c16-11-3-5-12(6-4-11)17-15(20)10-7-13(9-1-2-9)18-14(19)8-10/h3-9H,1-2H2,(H,17,20)(H,18,19). The molecule has 1 aliphatic carbocycles. The van der Waals surface area contributed by atoms with Crippen LogP contribution in [0.5, 0.6) is 0 Å². The Morgan fingerprint density at radius 1 is 1.20 bits per heavy atom. The van der Waals surface area contributed by atoms with Crippen LogP contribution >= 0.6 is 0 Å². The summed E-state index contributed by atoms with van der Waals surface area (Å²) in [5, 5.41) is 2.64. The molecule has 0 unspecified atom stereocenters. The molecule has 1 aromatic heterocycles. The number of halogens is 1. The van der Waals surface area contributed by atoms with Crippen LogP contribution in [0.2, 0.25) is 0 Å².